The normalized spacial score (nSPS) is 34.4. The van der Waals surface area contributed by atoms with Gasteiger partial charge in [-0.3, -0.25) is 0 Å². The molecule has 0 radical (unpaired) electrons. The second kappa shape index (κ2) is 6.42. The Bertz CT molecular complexity index is 650. The van der Waals surface area contributed by atoms with E-state index in [1.54, 1.807) is 7.11 Å². The van der Waals surface area contributed by atoms with Crippen LogP contribution in [0.5, 0.6) is 0 Å². The third-order valence-electron chi connectivity index (χ3n) is 6.11. The molecule has 0 aromatic heterocycles. The fourth-order valence-electron chi connectivity index (χ4n) is 5.25. The molecule has 2 fully saturated rings. The van der Waals surface area contributed by atoms with Crippen LogP contribution in [0.3, 0.4) is 0 Å². The Labute approximate surface area is 150 Å². The van der Waals surface area contributed by atoms with Gasteiger partial charge < -0.3 is 18.9 Å². The van der Waals surface area contributed by atoms with Gasteiger partial charge in [-0.2, -0.15) is 0 Å². The minimum atomic E-state index is -0.287. The number of rotatable bonds is 5. The van der Waals surface area contributed by atoms with Crippen molar-refractivity contribution < 1.29 is 18.9 Å². The minimum Gasteiger partial charge on any atom is -0.473 e. The molecule has 2 bridgehead atoms. The van der Waals surface area contributed by atoms with Crippen molar-refractivity contribution in [3.63, 3.8) is 0 Å². The van der Waals surface area contributed by atoms with Crippen LogP contribution in [-0.2, 0) is 18.9 Å². The number of hydrogen-bond donors (Lipinski definition) is 0. The maximum Gasteiger partial charge on any atom is 0.200 e. The van der Waals surface area contributed by atoms with Gasteiger partial charge in [-0.25, -0.2) is 0 Å². The molecule has 4 atom stereocenters. The highest BCUT2D eigenvalue weighted by atomic mass is 16.7. The van der Waals surface area contributed by atoms with Crippen LogP contribution in [0, 0.1) is 19.3 Å². The van der Waals surface area contributed by atoms with Crippen LogP contribution in [0.1, 0.15) is 54.9 Å². The molecule has 0 amide bonds. The third-order valence-corrected chi connectivity index (χ3v) is 6.11. The van der Waals surface area contributed by atoms with E-state index < -0.39 is 0 Å². The number of methoxy groups -OCH3 is 1. The van der Waals surface area contributed by atoms with Gasteiger partial charge in [0.15, 0.2) is 0 Å². The second-order valence-corrected chi connectivity index (χ2v) is 7.82. The number of fused-ring (bicyclic) bond motifs is 1. The van der Waals surface area contributed by atoms with Crippen molar-refractivity contribution in [3.05, 3.63) is 47.2 Å². The van der Waals surface area contributed by atoms with Crippen LogP contribution >= 0.6 is 0 Å². The molecular weight excluding hydrogens is 316 g/mol. The van der Waals surface area contributed by atoms with Crippen molar-refractivity contribution in [1.29, 1.82) is 0 Å². The smallest absolute Gasteiger partial charge is 0.200 e. The molecule has 1 saturated carbocycles. The maximum atomic E-state index is 6.41. The molecule has 2 heterocycles. The molecule has 4 nitrogen and oxygen atoms in total. The van der Waals surface area contributed by atoms with E-state index in [2.05, 4.69) is 38.1 Å². The van der Waals surface area contributed by atoms with E-state index in [1.165, 1.54) is 29.5 Å². The summed E-state index contributed by atoms with van der Waals surface area (Å²) in [6, 6.07) is 6.70. The van der Waals surface area contributed by atoms with E-state index in [-0.39, 0.29) is 30.2 Å². The average Bonchev–Trinajstić information content (AvgIpc) is 2.81. The number of hydrogen-bond acceptors (Lipinski definition) is 4. The zero-order valence-corrected chi connectivity index (χ0v) is 15.4. The van der Waals surface area contributed by atoms with E-state index in [9.17, 15) is 0 Å². The Kier molecular flexibility index (Phi) is 4.38. The predicted molar refractivity (Wildman–Crippen MR) is 95.0 cm³/mol. The first-order valence-electron chi connectivity index (χ1n) is 9.28. The van der Waals surface area contributed by atoms with Crippen molar-refractivity contribution in [2.24, 2.45) is 5.41 Å². The summed E-state index contributed by atoms with van der Waals surface area (Å²) in [5.74, 6) is 0. The van der Waals surface area contributed by atoms with Crippen molar-refractivity contribution in [2.75, 3.05) is 13.9 Å². The molecule has 2 aliphatic heterocycles. The minimum absolute atomic E-state index is 0.0669. The summed E-state index contributed by atoms with van der Waals surface area (Å²) >= 11 is 0. The second-order valence-electron chi connectivity index (χ2n) is 7.82. The molecule has 1 saturated heterocycles. The predicted octanol–water partition coefficient (Wildman–Crippen LogP) is 4.55. The van der Waals surface area contributed by atoms with Crippen molar-refractivity contribution >= 4 is 0 Å². The summed E-state index contributed by atoms with van der Waals surface area (Å²) in [7, 11) is 1.68. The molecule has 0 unspecified atom stereocenters. The topological polar surface area (TPSA) is 36.9 Å². The molecule has 25 heavy (non-hydrogen) atoms. The lowest BCUT2D eigenvalue weighted by molar-refractivity contribution is -0.194. The van der Waals surface area contributed by atoms with Crippen molar-refractivity contribution in [2.45, 2.75) is 63.9 Å². The molecule has 136 valence electrons. The highest BCUT2D eigenvalue weighted by Gasteiger charge is 2.65. The zero-order valence-electron chi connectivity index (χ0n) is 15.4. The first-order valence-corrected chi connectivity index (χ1v) is 9.28. The first-order chi connectivity index (χ1) is 12.1. The highest BCUT2D eigenvalue weighted by molar-refractivity contribution is 5.34. The lowest BCUT2D eigenvalue weighted by Gasteiger charge is -2.50. The number of ether oxygens (including phenoxy) is 4. The molecule has 1 aliphatic carbocycles. The van der Waals surface area contributed by atoms with Crippen LogP contribution in [0.4, 0.5) is 0 Å². The lowest BCUT2D eigenvalue weighted by atomic mass is 9.58. The SMILES string of the molecule is COCO[C@H](c1cc(C)cc(C)c1)[C@@]12CCCC[C@@]13C=CO[C@@H](C2)O3. The zero-order chi connectivity index (χ0) is 17.5. The average molecular weight is 344 g/mol. The molecule has 1 spiro atoms. The summed E-state index contributed by atoms with van der Waals surface area (Å²) in [5.41, 5.74) is 3.35. The quantitative estimate of drug-likeness (QED) is 0.734. The first kappa shape index (κ1) is 17.1. The van der Waals surface area contributed by atoms with Gasteiger partial charge in [-0.15, -0.1) is 0 Å². The summed E-state index contributed by atoms with van der Waals surface area (Å²) in [4.78, 5) is 0. The molecule has 3 aliphatic rings. The monoisotopic (exact) mass is 344 g/mol. The van der Waals surface area contributed by atoms with Crippen LogP contribution in [0.15, 0.2) is 30.5 Å². The maximum absolute atomic E-state index is 6.41. The Balaban J connectivity index is 1.81. The fourth-order valence-corrected chi connectivity index (χ4v) is 5.25. The summed E-state index contributed by atoms with van der Waals surface area (Å²) in [6.07, 6.45) is 9.11. The molecule has 1 aromatic carbocycles. The van der Waals surface area contributed by atoms with Crippen LogP contribution < -0.4 is 0 Å². The Morgan fingerprint density at radius 1 is 1.16 bits per heavy atom. The van der Waals surface area contributed by atoms with E-state index in [4.69, 9.17) is 18.9 Å². The van der Waals surface area contributed by atoms with Crippen LogP contribution in [0.25, 0.3) is 0 Å². The van der Waals surface area contributed by atoms with Gasteiger partial charge in [0.1, 0.15) is 12.4 Å². The van der Waals surface area contributed by atoms with E-state index in [0.717, 1.165) is 19.3 Å². The molecule has 1 aromatic rings. The standard InChI is InChI=1S/C21H28O4/c1-15-10-16(2)12-17(11-15)19(24-14-22-3)20-6-4-5-7-21(20)8-9-23-18(13-20)25-21/h8-12,18-19H,4-7,13-14H2,1-3H3/t18-,19-,20+,21-/m1/s1. The van der Waals surface area contributed by atoms with Gasteiger partial charge in [0, 0.05) is 18.9 Å². The number of benzene rings is 1. The molecule has 4 rings (SSSR count). The summed E-state index contributed by atoms with van der Waals surface area (Å²) in [5, 5.41) is 0. The third kappa shape index (κ3) is 2.71. The fraction of sp³-hybridized carbons (Fsp3) is 0.619. The van der Waals surface area contributed by atoms with Crippen LogP contribution in [-0.4, -0.2) is 25.8 Å². The van der Waals surface area contributed by atoms with Gasteiger partial charge in [-0.05, 0) is 38.3 Å². The van der Waals surface area contributed by atoms with Crippen molar-refractivity contribution in [3.8, 4) is 0 Å². The highest BCUT2D eigenvalue weighted by Crippen LogP contribution is 2.64. The lowest BCUT2D eigenvalue weighted by Crippen LogP contribution is -2.50. The Hall–Kier alpha value is -1.36. The molecular formula is C21H28O4. The summed E-state index contributed by atoms with van der Waals surface area (Å²) in [6.45, 7) is 4.57. The Morgan fingerprint density at radius 2 is 1.92 bits per heavy atom. The van der Waals surface area contributed by atoms with Gasteiger partial charge in [-0.1, -0.05) is 42.2 Å². The van der Waals surface area contributed by atoms with Crippen molar-refractivity contribution in [1.82, 2.24) is 0 Å². The number of aryl methyl sites for hydroxylation is 2. The van der Waals surface area contributed by atoms with Gasteiger partial charge in [0.2, 0.25) is 6.29 Å². The van der Waals surface area contributed by atoms with Crippen LogP contribution in [0.2, 0.25) is 0 Å². The van der Waals surface area contributed by atoms with E-state index in [0.29, 0.717) is 0 Å². The van der Waals surface area contributed by atoms with Gasteiger partial charge >= 0.3 is 0 Å². The van der Waals surface area contributed by atoms with Gasteiger partial charge in [0.25, 0.3) is 0 Å². The Morgan fingerprint density at radius 3 is 2.68 bits per heavy atom. The van der Waals surface area contributed by atoms with Gasteiger partial charge in [0.05, 0.1) is 12.4 Å². The largest absolute Gasteiger partial charge is 0.473 e. The van der Waals surface area contributed by atoms with E-state index in [1.807, 2.05) is 6.26 Å². The summed E-state index contributed by atoms with van der Waals surface area (Å²) < 4.78 is 23.8. The molecule has 4 heteroatoms. The van der Waals surface area contributed by atoms with E-state index >= 15 is 0 Å². The molecule has 0 N–H and O–H groups in total.